The number of carboxylic acid groups (broad SMARTS) is 1. The summed E-state index contributed by atoms with van der Waals surface area (Å²) in [6, 6.07) is 0. The summed E-state index contributed by atoms with van der Waals surface area (Å²) >= 11 is 0. The van der Waals surface area contributed by atoms with Crippen molar-refractivity contribution in [3.05, 3.63) is 0 Å². The third kappa shape index (κ3) is 12.3. The van der Waals surface area contributed by atoms with Crippen LogP contribution in [0.5, 0.6) is 0 Å². The van der Waals surface area contributed by atoms with E-state index in [9.17, 15) is 9.90 Å². The largest absolute Gasteiger partial charge is 1.00 e. The Kier molecular flexibility index (Phi) is 10.2. The van der Waals surface area contributed by atoms with Crippen LogP contribution in [0.1, 0.15) is 26.7 Å². The number of carboxylic acids is 1. The van der Waals surface area contributed by atoms with Crippen LogP contribution in [0.4, 0.5) is 0 Å². The summed E-state index contributed by atoms with van der Waals surface area (Å²) in [6.45, 7) is 3.98. The first-order chi connectivity index (χ1) is 3.63. The molecule has 0 atom stereocenters. The molecule has 48 valence electrons. The average molecular weight is 154 g/mol. The molecular weight excluding hydrogens is 143 g/mol. The summed E-state index contributed by atoms with van der Waals surface area (Å²) < 4.78 is 0. The second kappa shape index (κ2) is 7.22. The Morgan fingerprint density at radius 3 is 2.11 bits per heavy atom. The molecule has 0 aliphatic rings. The van der Waals surface area contributed by atoms with Gasteiger partial charge < -0.3 is 9.90 Å². The summed E-state index contributed by atoms with van der Waals surface area (Å²) in [7, 11) is 0. The van der Waals surface area contributed by atoms with E-state index in [1.807, 2.05) is 13.8 Å². The number of carbonyl (C=O) groups is 1. The Morgan fingerprint density at radius 2 is 2.00 bits per heavy atom. The second-order valence-electron chi connectivity index (χ2n) is 2.30. The van der Waals surface area contributed by atoms with Gasteiger partial charge in [0.15, 0.2) is 0 Å². The normalized spacial score (nSPS) is 8.78. The van der Waals surface area contributed by atoms with Gasteiger partial charge in [-0.15, -0.1) is 0 Å². The summed E-state index contributed by atoms with van der Waals surface area (Å²) in [5, 5.41) is 9.79. The van der Waals surface area contributed by atoms with Crippen LogP contribution in [0, 0.1) is 5.92 Å². The van der Waals surface area contributed by atoms with Gasteiger partial charge in [0, 0.05) is 5.97 Å². The summed E-state index contributed by atoms with van der Waals surface area (Å²) in [5.41, 5.74) is 0. The number of hydrogen-bond donors (Lipinski definition) is 0. The van der Waals surface area contributed by atoms with Crippen molar-refractivity contribution in [2.45, 2.75) is 26.7 Å². The van der Waals surface area contributed by atoms with Crippen molar-refractivity contribution in [3.8, 4) is 0 Å². The van der Waals surface area contributed by atoms with Crippen LogP contribution in [0.25, 0.3) is 0 Å². The zero-order valence-electron chi connectivity index (χ0n) is 6.31. The minimum atomic E-state index is -0.946. The number of aliphatic carboxylic acids is 1. The van der Waals surface area contributed by atoms with E-state index in [1.165, 1.54) is 0 Å². The zero-order chi connectivity index (χ0) is 6.57. The van der Waals surface area contributed by atoms with E-state index >= 15 is 0 Å². The van der Waals surface area contributed by atoms with E-state index in [0.29, 0.717) is 5.92 Å². The van der Waals surface area contributed by atoms with Crippen LogP contribution in [-0.4, -0.2) is 5.97 Å². The average Bonchev–Trinajstić information content (AvgIpc) is 1.61. The van der Waals surface area contributed by atoms with E-state index in [0.717, 1.165) is 6.42 Å². The van der Waals surface area contributed by atoms with Crippen molar-refractivity contribution in [2.24, 2.45) is 5.92 Å². The first-order valence-electron chi connectivity index (χ1n) is 2.82. The molecule has 0 aliphatic heterocycles. The van der Waals surface area contributed by atoms with Crippen LogP contribution in [0.15, 0.2) is 0 Å². The van der Waals surface area contributed by atoms with Crippen molar-refractivity contribution in [1.29, 1.82) is 0 Å². The number of rotatable bonds is 3. The third-order valence-corrected chi connectivity index (χ3v) is 0.926. The smallest absolute Gasteiger partial charge is 0.550 e. The maximum atomic E-state index is 9.79. The Balaban J connectivity index is 0. The molecule has 0 saturated carbocycles. The third-order valence-electron chi connectivity index (χ3n) is 0.926. The fourth-order valence-corrected chi connectivity index (χ4v) is 0.407. The first kappa shape index (κ1) is 12.8. The van der Waals surface area contributed by atoms with Gasteiger partial charge in [0.1, 0.15) is 0 Å². The predicted octanol–water partition coefficient (Wildman–Crippen LogP) is -2.82. The molecule has 0 bridgehead atoms. The fraction of sp³-hybridized carbons (Fsp3) is 0.833. The zero-order valence-corrected chi connectivity index (χ0v) is 9.43. The van der Waals surface area contributed by atoms with Gasteiger partial charge in [0.05, 0.1) is 0 Å². The summed E-state index contributed by atoms with van der Waals surface area (Å²) in [4.78, 5) is 9.79. The monoisotopic (exact) mass is 154 g/mol. The maximum absolute atomic E-state index is 9.79. The minimum absolute atomic E-state index is 0. The molecule has 0 aromatic carbocycles. The van der Waals surface area contributed by atoms with Gasteiger partial charge in [0.2, 0.25) is 0 Å². The van der Waals surface area contributed by atoms with E-state index in [4.69, 9.17) is 0 Å². The van der Waals surface area contributed by atoms with Gasteiger partial charge in [-0.25, -0.2) is 0 Å². The van der Waals surface area contributed by atoms with Crippen LogP contribution in [0.2, 0.25) is 0 Å². The summed E-state index contributed by atoms with van der Waals surface area (Å²) in [6.07, 6.45) is 0.917. The van der Waals surface area contributed by atoms with Crippen LogP contribution in [-0.2, 0) is 4.79 Å². The van der Waals surface area contributed by atoms with Gasteiger partial charge in [-0.3, -0.25) is 0 Å². The molecule has 9 heavy (non-hydrogen) atoms. The Labute approximate surface area is 98.4 Å². The van der Waals surface area contributed by atoms with E-state index in [-0.39, 0.29) is 57.8 Å². The number of hydrogen-bond acceptors (Lipinski definition) is 2. The van der Waals surface area contributed by atoms with Crippen LogP contribution >= 0.6 is 0 Å². The fourth-order valence-electron chi connectivity index (χ4n) is 0.407. The van der Waals surface area contributed by atoms with Crippen molar-refractivity contribution in [2.75, 3.05) is 0 Å². The van der Waals surface area contributed by atoms with Crippen molar-refractivity contribution in [3.63, 3.8) is 0 Å². The SMILES string of the molecule is CC(C)CCC(=O)[O-].[K+]. The molecule has 0 fully saturated rings. The molecule has 0 saturated heterocycles. The minimum Gasteiger partial charge on any atom is -0.550 e. The molecule has 0 heterocycles. The molecule has 0 rings (SSSR count). The van der Waals surface area contributed by atoms with Crippen molar-refractivity contribution < 1.29 is 61.3 Å². The topological polar surface area (TPSA) is 40.1 Å². The summed E-state index contributed by atoms with van der Waals surface area (Å²) in [5.74, 6) is -0.480. The molecule has 3 heteroatoms. The van der Waals surface area contributed by atoms with E-state index in [1.54, 1.807) is 0 Å². The van der Waals surface area contributed by atoms with Crippen molar-refractivity contribution in [1.82, 2.24) is 0 Å². The molecule has 2 nitrogen and oxygen atoms in total. The van der Waals surface area contributed by atoms with Gasteiger partial charge >= 0.3 is 51.4 Å². The molecule has 0 aromatic heterocycles. The molecule has 0 unspecified atom stereocenters. The van der Waals surface area contributed by atoms with E-state index in [2.05, 4.69) is 0 Å². The molecule has 0 N–H and O–H groups in total. The van der Waals surface area contributed by atoms with Gasteiger partial charge in [-0.2, -0.15) is 0 Å². The first-order valence-corrected chi connectivity index (χ1v) is 2.82. The van der Waals surface area contributed by atoms with Gasteiger partial charge in [-0.05, 0) is 18.8 Å². The molecule has 0 radical (unpaired) electrons. The Hall–Kier alpha value is 1.11. The van der Waals surface area contributed by atoms with Gasteiger partial charge in [0.25, 0.3) is 0 Å². The second-order valence-corrected chi connectivity index (χ2v) is 2.30. The Bertz CT molecular complexity index is 81.1. The molecule has 0 amide bonds. The molecule has 0 aliphatic carbocycles. The predicted molar refractivity (Wildman–Crippen MR) is 29.1 cm³/mol. The van der Waals surface area contributed by atoms with E-state index < -0.39 is 5.97 Å². The van der Waals surface area contributed by atoms with Crippen LogP contribution < -0.4 is 56.5 Å². The quantitative estimate of drug-likeness (QED) is 0.411. The molecule has 0 aromatic rings. The standard InChI is InChI=1S/C6H12O2.K/c1-5(2)3-4-6(7)8;/h5H,3-4H2,1-2H3,(H,7,8);/q;+1/p-1. The molecular formula is C6H11KO2. The van der Waals surface area contributed by atoms with Crippen molar-refractivity contribution >= 4 is 5.97 Å². The van der Waals surface area contributed by atoms with Gasteiger partial charge in [-0.1, -0.05) is 13.8 Å². The molecule has 0 spiro atoms. The number of carbonyl (C=O) groups excluding carboxylic acids is 1. The maximum Gasteiger partial charge on any atom is 1.00 e. The Morgan fingerprint density at radius 1 is 1.56 bits per heavy atom. The van der Waals surface area contributed by atoms with Crippen LogP contribution in [0.3, 0.4) is 0 Å².